The van der Waals surface area contributed by atoms with E-state index in [0.717, 1.165) is 22.3 Å². The second-order valence-electron chi connectivity index (χ2n) is 3.90. The zero-order valence-corrected chi connectivity index (χ0v) is 10.1. The van der Waals surface area contributed by atoms with E-state index in [9.17, 15) is 4.79 Å². The molecule has 2 aromatic rings. The average molecular weight is 230 g/mol. The Morgan fingerprint density at radius 1 is 1.41 bits per heavy atom. The van der Waals surface area contributed by atoms with Crippen molar-refractivity contribution in [3.63, 3.8) is 0 Å². The van der Waals surface area contributed by atoms with Gasteiger partial charge in [0.2, 0.25) is 0 Å². The van der Waals surface area contributed by atoms with Gasteiger partial charge in [-0.25, -0.2) is 0 Å². The van der Waals surface area contributed by atoms with E-state index in [1.807, 2.05) is 25.1 Å². The van der Waals surface area contributed by atoms with Gasteiger partial charge in [0.15, 0.2) is 5.78 Å². The van der Waals surface area contributed by atoms with Crippen LogP contribution in [0.15, 0.2) is 28.7 Å². The van der Waals surface area contributed by atoms with Gasteiger partial charge in [0.25, 0.3) is 0 Å². The summed E-state index contributed by atoms with van der Waals surface area (Å²) in [5.74, 6) is 1.47. The molecule has 17 heavy (non-hydrogen) atoms. The fourth-order valence-corrected chi connectivity index (χ4v) is 1.70. The molecule has 1 aromatic heterocycles. The van der Waals surface area contributed by atoms with Gasteiger partial charge in [-0.05, 0) is 38.1 Å². The molecular weight excluding hydrogens is 216 g/mol. The van der Waals surface area contributed by atoms with E-state index in [0.29, 0.717) is 5.76 Å². The molecule has 0 amide bonds. The van der Waals surface area contributed by atoms with Gasteiger partial charge in [0.1, 0.15) is 17.1 Å². The summed E-state index contributed by atoms with van der Waals surface area (Å²) in [5, 5.41) is 1.04. The Hall–Kier alpha value is -2.03. The number of ether oxygens (including phenoxy) is 1. The van der Waals surface area contributed by atoms with Crippen molar-refractivity contribution >= 4 is 22.8 Å². The van der Waals surface area contributed by atoms with Crippen molar-refractivity contribution in [3.05, 3.63) is 35.6 Å². The van der Waals surface area contributed by atoms with Crippen LogP contribution in [0.1, 0.15) is 18.2 Å². The number of fused-ring (bicyclic) bond motifs is 1. The lowest BCUT2D eigenvalue weighted by Crippen LogP contribution is -1.81. The quantitative estimate of drug-likeness (QED) is 0.759. The van der Waals surface area contributed by atoms with Crippen LogP contribution in [0, 0.1) is 6.92 Å². The summed E-state index contributed by atoms with van der Waals surface area (Å²) in [6, 6.07) is 5.69. The van der Waals surface area contributed by atoms with Gasteiger partial charge in [-0.15, -0.1) is 0 Å². The van der Waals surface area contributed by atoms with Crippen LogP contribution in [0.2, 0.25) is 0 Å². The maximum atomic E-state index is 10.9. The Kier molecular flexibility index (Phi) is 3.00. The highest BCUT2D eigenvalue weighted by Crippen LogP contribution is 2.29. The summed E-state index contributed by atoms with van der Waals surface area (Å²) in [6.07, 6.45) is 3.20. The minimum absolute atomic E-state index is 0.00226. The number of benzene rings is 1. The number of aryl methyl sites for hydroxylation is 1. The zero-order valence-electron chi connectivity index (χ0n) is 10.1. The Balaban J connectivity index is 2.52. The summed E-state index contributed by atoms with van der Waals surface area (Å²) < 4.78 is 10.8. The minimum atomic E-state index is 0.00226. The van der Waals surface area contributed by atoms with Gasteiger partial charge in [0, 0.05) is 17.0 Å². The number of rotatable bonds is 3. The Morgan fingerprint density at radius 2 is 2.18 bits per heavy atom. The first-order valence-corrected chi connectivity index (χ1v) is 5.37. The van der Waals surface area contributed by atoms with Gasteiger partial charge >= 0.3 is 0 Å². The van der Waals surface area contributed by atoms with E-state index < -0.39 is 0 Å². The highest BCUT2D eigenvalue weighted by atomic mass is 16.5. The number of allylic oxidation sites excluding steroid dienone is 1. The summed E-state index contributed by atoms with van der Waals surface area (Å²) >= 11 is 0. The SMILES string of the molecule is COc1ccc2c(C)c(C=CC(C)=O)oc2c1. The first-order valence-electron chi connectivity index (χ1n) is 5.37. The van der Waals surface area contributed by atoms with Crippen molar-refractivity contribution < 1.29 is 13.9 Å². The van der Waals surface area contributed by atoms with Gasteiger partial charge in [-0.1, -0.05) is 0 Å². The van der Waals surface area contributed by atoms with E-state index in [1.165, 1.54) is 13.0 Å². The van der Waals surface area contributed by atoms with Crippen molar-refractivity contribution in [3.8, 4) is 5.75 Å². The highest BCUT2D eigenvalue weighted by Gasteiger charge is 2.08. The van der Waals surface area contributed by atoms with Crippen molar-refractivity contribution in [2.45, 2.75) is 13.8 Å². The van der Waals surface area contributed by atoms with Crippen LogP contribution < -0.4 is 4.74 Å². The van der Waals surface area contributed by atoms with Crippen LogP contribution in [0.25, 0.3) is 17.0 Å². The van der Waals surface area contributed by atoms with E-state index in [2.05, 4.69) is 0 Å². The number of hydrogen-bond donors (Lipinski definition) is 0. The predicted molar refractivity (Wildman–Crippen MR) is 67.2 cm³/mol. The predicted octanol–water partition coefficient (Wildman–Crippen LogP) is 3.35. The molecule has 0 aliphatic heterocycles. The molecule has 0 unspecified atom stereocenters. The molecule has 88 valence electrons. The van der Waals surface area contributed by atoms with Crippen LogP contribution in [-0.2, 0) is 4.79 Å². The summed E-state index contributed by atoms with van der Waals surface area (Å²) in [5.41, 5.74) is 1.80. The van der Waals surface area contributed by atoms with Gasteiger partial charge < -0.3 is 9.15 Å². The van der Waals surface area contributed by atoms with Crippen LogP contribution in [-0.4, -0.2) is 12.9 Å². The molecule has 3 heteroatoms. The molecule has 1 aromatic carbocycles. The summed E-state index contributed by atoms with van der Waals surface area (Å²) in [4.78, 5) is 10.9. The highest BCUT2D eigenvalue weighted by molar-refractivity contribution is 5.93. The summed E-state index contributed by atoms with van der Waals surface area (Å²) in [6.45, 7) is 3.48. The molecule has 0 saturated carbocycles. The standard InChI is InChI=1S/C14H14O3/c1-9(15)4-7-13-10(2)12-6-5-11(16-3)8-14(12)17-13/h4-8H,1-3H3. The average Bonchev–Trinajstić information content (AvgIpc) is 2.63. The number of carbonyl (C=O) groups is 1. The molecule has 2 rings (SSSR count). The third-order valence-electron chi connectivity index (χ3n) is 2.65. The molecule has 0 bridgehead atoms. The molecule has 0 radical (unpaired) electrons. The molecule has 1 heterocycles. The smallest absolute Gasteiger partial charge is 0.152 e. The molecule has 0 atom stereocenters. The number of methoxy groups -OCH3 is 1. The van der Waals surface area contributed by atoms with Crippen LogP contribution in [0.3, 0.4) is 0 Å². The van der Waals surface area contributed by atoms with Gasteiger partial charge in [-0.2, -0.15) is 0 Å². The van der Waals surface area contributed by atoms with Gasteiger partial charge in [0.05, 0.1) is 7.11 Å². The third kappa shape index (κ3) is 2.23. The Morgan fingerprint density at radius 3 is 2.82 bits per heavy atom. The molecule has 0 N–H and O–H groups in total. The summed E-state index contributed by atoms with van der Waals surface area (Å²) in [7, 11) is 1.62. The number of carbonyl (C=O) groups excluding carboxylic acids is 1. The molecular formula is C14H14O3. The monoisotopic (exact) mass is 230 g/mol. The van der Waals surface area contributed by atoms with Crippen LogP contribution >= 0.6 is 0 Å². The van der Waals surface area contributed by atoms with Crippen LogP contribution in [0.4, 0.5) is 0 Å². The van der Waals surface area contributed by atoms with Crippen molar-refractivity contribution in [2.24, 2.45) is 0 Å². The maximum absolute atomic E-state index is 10.9. The lowest BCUT2D eigenvalue weighted by Gasteiger charge is -1.97. The first kappa shape index (κ1) is 11.5. The topological polar surface area (TPSA) is 39.4 Å². The second-order valence-corrected chi connectivity index (χ2v) is 3.90. The number of ketones is 1. The van der Waals surface area contributed by atoms with E-state index in [1.54, 1.807) is 13.2 Å². The normalized spacial score (nSPS) is 11.2. The minimum Gasteiger partial charge on any atom is -0.497 e. The first-order chi connectivity index (χ1) is 8.11. The van der Waals surface area contributed by atoms with Crippen molar-refractivity contribution in [1.29, 1.82) is 0 Å². The molecule has 0 spiro atoms. The molecule has 0 aliphatic rings. The molecule has 0 aliphatic carbocycles. The van der Waals surface area contributed by atoms with Crippen LogP contribution in [0.5, 0.6) is 5.75 Å². The van der Waals surface area contributed by atoms with Gasteiger partial charge in [-0.3, -0.25) is 4.79 Å². The van der Waals surface area contributed by atoms with E-state index in [-0.39, 0.29) is 5.78 Å². The molecule has 3 nitrogen and oxygen atoms in total. The Labute approximate surface area is 99.7 Å². The van der Waals surface area contributed by atoms with Crippen molar-refractivity contribution in [2.75, 3.05) is 7.11 Å². The Bertz CT molecular complexity index is 591. The van der Waals surface area contributed by atoms with Crippen molar-refractivity contribution in [1.82, 2.24) is 0 Å². The lowest BCUT2D eigenvalue weighted by atomic mass is 10.1. The second kappa shape index (κ2) is 4.45. The van der Waals surface area contributed by atoms with E-state index >= 15 is 0 Å². The maximum Gasteiger partial charge on any atom is 0.152 e. The molecule has 0 fully saturated rings. The molecule has 0 saturated heterocycles. The number of furan rings is 1. The largest absolute Gasteiger partial charge is 0.497 e. The third-order valence-corrected chi connectivity index (χ3v) is 2.65. The zero-order chi connectivity index (χ0) is 12.4. The fraction of sp³-hybridized carbons (Fsp3) is 0.214. The van der Waals surface area contributed by atoms with E-state index in [4.69, 9.17) is 9.15 Å². The lowest BCUT2D eigenvalue weighted by molar-refractivity contribution is -0.112. The fourth-order valence-electron chi connectivity index (χ4n) is 1.70. The number of hydrogen-bond acceptors (Lipinski definition) is 3.